The third-order valence-electron chi connectivity index (χ3n) is 5.34. The Bertz CT molecular complexity index is 573. The summed E-state index contributed by atoms with van der Waals surface area (Å²) in [7, 11) is 1.70. The number of aliphatic hydroxyl groups is 1. The lowest BCUT2D eigenvalue weighted by atomic mass is 9.94. The molecule has 1 amide bonds. The Hall–Kier alpha value is -1.63. The number of carbonyl (C=O) groups is 1. The second-order valence-corrected chi connectivity index (χ2v) is 7.17. The van der Waals surface area contributed by atoms with Crippen LogP contribution in [0.5, 0.6) is 0 Å². The smallest absolute Gasteiger partial charge is 0.410 e. The molecule has 1 heterocycles. The number of rotatable bonds is 6. The first kappa shape index (κ1) is 19.1. The van der Waals surface area contributed by atoms with Crippen LogP contribution in [-0.2, 0) is 20.8 Å². The molecule has 1 aromatic rings. The van der Waals surface area contributed by atoms with Crippen LogP contribution < -0.4 is 0 Å². The Kier molecular flexibility index (Phi) is 6.51. The van der Waals surface area contributed by atoms with Gasteiger partial charge in [-0.1, -0.05) is 36.8 Å². The predicted octanol–water partition coefficient (Wildman–Crippen LogP) is 3.08. The highest BCUT2D eigenvalue weighted by Crippen LogP contribution is 2.39. The fraction of sp³-hybridized carbons (Fsp3) is 0.650. The van der Waals surface area contributed by atoms with E-state index in [2.05, 4.69) is 0 Å². The third-order valence-corrected chi connectivity index (χ3v) is 5.34. The minimum Gasteiger partial charge on any atom is -0.445 e. The standard InChI is InChI=1S/C20H29NO5/c1-21(19(23)24-14-16-8-4-2-5-9-16)17(10-13-22)18-15-25-20(26-18)11-6-3-7-12-20/h2,4-5,8-9,17-18,22H,3,6-7,10-15H2,1H3/t17-,18+/m0/s1. The van der Waals surface area contributed by atoms with Crippen molar-refractivity contribution in [2.24, 2.45) is 0 Å². The zero-order valence-corrected chi connectivity index (χ0v) is 15.4. The van der Waals surface area contributed by atoms with Crippen molar-refractivity contribution < 1.29 is 24.1 Å². The van der Waals surface area contributed by atoms with E-state index in [0.29, 0.717) is 13.0 Å². The summed E-state index contributed by atoms with van der Waals surface area (Å²) in [5, 5.41) is 9.46. The number of likely N-dealkylation sites (N-methyl/N-ethyl adjacent to an activating group) is 1. The molecule has 0 unspecified atom stereocenters. The molecule has 0 radical (unpaired) electrons. The van der Waals surface area contributed by atoms with Gasteiger partial charge in [0, 0.05) is 26.5 Å². The molecule has 1 aromatic carbocycles. The van der Waals surface area contributed by atoms with E-state index >= 15 is 0 Å². The van der Waals surface area contributed by atoms with E-state index < -0.39 is 11.9 Å². The monoisotopic (exact) mass is 363 g/mol. The van der Waals surface area contributed by atoms with Crippen LogP contribution >= 0.6 is 0 Å². The zero-order valence-electron chi connectivity index (χ0n) is 15.4. The molecule has 3 rings (SSSR count). The van der Waals surface area contributed by atoms with E-state index in [0.717, 1.165) is 31.2 Å². The summed E-state index contributed by atoms with van der Waals surface area (Å²) in [5.74, 6) is -0.495. The summed E-state index contributed by atoms with van der Waals surface area (Å²) in [5.41, 5.74) is 0.939. The van der Waals surface area contributed by atoms with Crippen LogP contribution in [0.15, 0.2) is 30.3 Å². The maximum Gasteiger partial charge on any atom is 0.410 e. The molecule has 1 N–H and O–H groups in total. The fourth-order valence-electron chi connectivity index (χ4n) is 3.84. The molecule has 1 saturated heterocycles. The van der Waals surface area contributed by atoms with E-state index in [-0.39, 0.29) is 25.4 Å². The Morgan fingerprint density at radius 1 is 1.31 bits per heavy atom. The molecule has 2 fully saturated rings. The van der Waals surface area contributed by atoms with Crippen LogP contribution in [-0.4, -0.2) is 54.3 Å². The second kappa shape index (κ2) is 8.84. The van der Waals surface area contributed by atoms with Crippen molar-refractivity contribution in [2.45, 2.75) is 63.1 Å². The number of ether oxygens (including phenoxy) is 3. The Labute approximate surface area is 155 Å². The largest absolute Gasteiger partial charge is 0.445 e. The van der Waals surface area contributed by atoms with Crippen LogP contribution in [0.25, 0.3) is 0 Å². The highest BCUT2D eigenvalue weighted by atomic mass is 16.7. The van der Waals surface area contributed by atoms with E-state index in [1.807, 2.05) is 30.3 Å². The van der Waals surface area contributed by atoms with Gasteiger partial charge in [0.2, 0.25) is 0 Å². The minimum absolute atomic E-state index is 0.0200. The van der Waals surface area contributed by atoms with E-state index in [4.69, 9.17) is 14.2 Å². The maximum atomic E-state index is 12.5. The molecule has 144 valence electrons. The molecule has 26 heavy (non-hydrogen) atoms. The Morgan fingerprint density at radius 2 is 2.04 bits per heavy atom. The van der Waals surface area contributed by atoms with Crippen molar-refractivity contribution in [2.75, 3.05) is 20.3 Å². The van der Waals surface area contributed by atoms with Crippen LogP contribution in [0.1, 0.15) is 44.1 Å². The average molecular weight is 363 g/mol. The number of carbonyl (C=O) groups excluding carboxylic acids is 1. The van der Waals surface area contributed by atoms with Crippen LogP contribution in [0.3, 0.4) is 0 Å². The summed E-state index contributed by atoms with van der Waals surface area (Å²) >= 11 is 0. The third kappa shape index (κ3) is 4.55. The minimum atomic E-state index is -0.495. The number of nitrogens with zero attached hydrogens (tertiary/aromatic N) is 1. The first-order valence-corrected chi connectivity index (χ1v) is 9.50. The van der Waals surface area contributed by atoms with Gasteiger partial charge in [-0.3, -0.25) is 0 Å². The average Bonchev–Trinajstić information content (AvgIpc) is 3.08. The van der Waals surface area contributed by atoms with E-state index in [1.165, 1.54) is 11.3 Å². The highest BCUT2D eigenvalue weighted by Gasteiger charge is 2.46. The summed E-state index contributed by atoms with van der Waals surface area (Å²) in [4.78, 5) is 14.0. The van der Waals surface area contributed by atoms with Gasteiger partial charge in [0.1, 0.15) is 12.7 Å². The van der Waals surface area contributed by atoms with Crippen molar-refractivity contribution in [3.8, 4) is 0 Å². The fourth-order valence-corrected chi connectivity index (χ4v) is 3.84. The number of amides is 1. The molecular weight excluding hydrogens is 334 g/mol. The van der Waals surface area contributed by atoms with Gasteiger partial charge in [-0.05, 0) is 24.8 Å². The van der Waals surface area contributed by atoms with Crippen molar-refractivity contribution in [1.29, 1.82) is 0 Å². The van der Waals surface area contributed by atoms with Gasteiger partial charge >= 0.3 is 6.09 Å². The lowest BCUT2D eigenvalue weighted by Crippen LogP contribution is -2.47. The number of hydrogen-bond donors (Lipinski definition) is 1. The van der Waals surface area contributed by atoms with Crippen molar-refractivity contribution in [3.63, 3.8) is 0 Å². The van der Waals surface area contributed by atoms with Crippen LogP contribution in [0.2, 0.25) is 0 Å². The van der Waals surface area contributed by atoms with Gasteiger partial charge in [-0.15, -0.1) is 0 Å². The predicted molar refractivity (Wildman–Crippen MR) is 96.5 cm³/mol. The number of aliphatic hydroxyl groups excluding tert-OH is 1. The molecule has 1 saturated carbocycles. The molecule has 1 spiro atoms. The summed E-state index contributed by atoms with van der Waals surface area (Å²) in [6.07, 6.45) is 5.00. The number of benzene rings is 1. The normalized spacial score (nSPS) is 22.9. The zero-order chi connectivity index (χ0) is 18.4. The lowest BCUT2D eigenvalue weighted by molar-refractivity contribution is -0.192. The van der Waals surface area contributed by atoms with Gasteiger partial charge in [0.05, 0.1) is 12.6 Å². The van der Waals surface area contributed by atoms with Crippen molar-refractivity contribution in [1.82, 2.24) is 4.90 Å². The lowest BCUT2D eigenvalue weighted by Gasteiger charge is -2.34. The van der Waals surface area contributed by atoms with Crippen molar-refractivity contribution in [3.05, 3.63) is 35.9 Å². The van der Waals surface area contributed by atoms with Crippen LogP contribution in [0.4, 0.5) is 4.79 Å². The SMILES string of the molecule is CN(C(=O)OCc1ccccc1)[C@@H](CCO)[C@H]1COC2(CCCCC2)O1. The molecular formula is C20H29NO5. The van der Waals surface area contributed by atoms with Gasteiger partial charge in [-0.2, -0.15) is 0 Å². The van der Waals surface area contributed by atoms with Crippen LogP contribution in [0, 0.1) is 0 Å². The summed E-state index contributed by atoms with van der Waals surface area (Å²) in [6.45, 7) is 0.649. The molecule has 2 atom stereocenters. The number of hydrogen-bond acceptors (Lipinski definition) is 5. The highest BCUT2D eigenvalue weighted by molar-refractivity contribution is 5.67. The van der Waals surface area contributed by atoms with E-state index in [1.54, 1.807) is 7.05 Å². The van der Waals surface area contributed by atoms with Gasteiger partial charge in [-0.25, -0.2) is 4.79 Å². The quantitative estimate of drug-likeness (QED) is 0.841. The van der Waals surface area contributed by atoms with Gasteiger partial charge in [0.15, 0.2) is 5.79 Å². The van der Waals surface area contributed by atoms with Gasteiger partial charge < -0.3 is 24.2 Å². The molecule has 1 aliphatic carbocycles. The molecule has 0 aromatic heterocycles. The van der Waals surface area contributed by atoms with E-state index in [9.17, 15) is 9.90 Å². The summed E-state index contributed by atoms with van der Waals surface area (Å²) < 4.78 is 17.7. The Morgan fingerprint density at radius 3 is 2.73 bits per heavy atom. The van der Waals surface area contributed by atoms with Crippen molar-refractivity contribution >= 4 is 6.09 Å². The molecule has 6 heteroatoms. The topological polar surface area (TPSA) is 68.2 Å². The summed E-state index contributed by atoms with van der Waals surface area (Å²) in [6, 6.07) is 9.31. The second-order valence-electron chi connectivity index (χ2n) is 7.17. The molecule has 0 bridgehead atoms. The molecule has 6 nitrogen and oxygen atoms in total. The van der Waals surface area contributed by atoms with Gasteiger partial charge in [0.25, 0.3) is 0 Å². The first-order valence-electron chi connectivity index (χ1n) is 9.50. The Balaban J connectivity index is 1.58. The maximum absolute atomic E-state index is 12.5. The first-order chi connectivity index (χ1) is 12.6. The molecule has 2 aliphatic rings. The molecule has 1 aliphatic heterocycles.